The lowest BCUT2D eigenvalue weighted by Crippen LogP contribution is -2.13. The molecule has 0 heterocycles. The van der Waals surface area contributed by atoms with Gasteiger partial charge in [-0.05, 0) is 42.5 Å². The molecule has 82 valence electrons. The van der Waals surface area contributed by atoms with Gasteiger partial charge in [0.2, 0.25) is 10.0 Å². The molecule has 3 nitrogen and oxygen atoms in total. The minimum absolute atomic E-state index is 0.413. The Bertz CT molecular complexity index is 470. The van der Waals surface area contributed by atoms with Crippen LogP contribution in [0.3, 0.4) is 0 Å². The first kappa shape index (κ1) is 10.8. The summed E-state index contributed by atoms with van der Waals surface area (Å²) < 4.78 is 24.9. The lowest BCUT2D eigenvalue weighted by Gasteiger charge is -2.07. The second kappa shape index (κ2) is 4.02. The van der Waals surface area contributed by atoms with Gasteiger partial charge in [0, 0.05) is 5.69 Å². The fraction of sp³-hybridized carbons (Fsp3) is 0.400. The number of hydrogen-bond donors (Lipinski definition) is 1. The zero-order chi connectivity index (χ0) is 10.9. The molecule has 0 aromatic heterocycles. The van der Waals surface area contributed by atoms with Crippen LogP contribution in [0.15, 0.2) is 18.2 Å². The van der Waals surface area contributed by atoms with Crippen LogP contribution in [0.1, 0.15) is 17.5 Å². The summed E-state index contributed by atoms with van der Waals surface area (Å²) in [7, 11) is -3.37. The smallest absolute Gasteiger partial charge is 0.246 e. The van der Waals surface area contributed by atoms with Gasteiger partial charge >= 0.3 is 0 Å². The lowest BCUT2D eigenvalue weighted by molar-refractivity contribution is 0.605. The van der Waals surface area contributed by atoms with Gasteiger partial charge in [-0.25, -0.2) is 8.42 Å². The molecular formula is C10H12ClNO2S. The quantitative estimate of drug-likeness (QED) is 0.830. The van der Waals surface area contributed by atoms with Gasteiger partial charge in [0.15, 0.2) is 0 Å². The highest BCUT2D eigenvalue weighted by Crippen LogP contribution is 2.25. The molecule has 0 fully saturated rings. The number of hydrogen-bond acceptors (Lipinski definition) is 2. The number of benzene rings is 1. The summed E-state index contributed by atoms with van der Waals surface area (Å²) in [5.41, 5.74) is 3.17. The van der Waals surface area contributed by atoms with Gasteiger partial charge in [-0.15, -0.1) is 11.6 Å². The third-order valence-corrected chi connectivity index (χ3v) is 4.21. The summed E-state index contributed by atoms with van der Waals surface area (Å²) in [5, 5.41) is -0.413. The fourth-order valence-corrected chi connectivity index (χ4v) is 2.55. The van der Waals surface area contributed by atoms with Gasteiger partial charge < -0.3 is 0 Å². The molecule has 0 spiro atoms. The second-order valence-corrected chi connectivity index (χ2v) is 5.97. The maximum atomic E-state index is 11.2. The summed E-state index contributed by atoms with van der Waals surface area (Å²) in [6, 6.07) is 5.66. The van der Waals surface area contributed by atoms with Crippen LogP contribution in [-0.2, 0) is 22.9 Å². The van der Waals surface area contributed by atoms with E-state index in [1.165, 1.54) is 11.1 Å². The van der Waals surface area contributed by atoms with E-state index in [2.05, 4.69) is 4.72 Å². The molecule has 0 saturated heterocycles. The monoisotopic (exact) mass is 245 g/mol. The van der Waals surface area contributed by atoms with Crippen LogP contribution in [0.5, 0.6) is 0 Å². The normalized spacial score (nSPS) is 15.0. The third-order valence-electron chi connectivity index (χ3n) is 2.52. The van der Waals surface area contributed by atoms with Crippen molar-refractivity contribution in [3.8, 4) is 0 Å². The van der Waals surface area contributed by atoms with Crippen molar-refractivity contribution in [3.05, 3.63) is 29.3 Å². The van der Waals surface area contributed by atoms with Crippen molar-refractivity contribution in [1.29, 1.82) is 0 Å². The maximum absolute atomic E-state index is 11.2. The van der Waals surface area contributed by atoms with Crippen LogP contribution >= 0.6 is 11.6 Å². The average molecular weight is 246 g/mol. The number of anilines is 1. The van der Waals surface area contributed by atoms with Gasteiger partial charge in [0.25, 0.3) is 0 Å². The predicted molar refractivity (Wildman–Crippen MR) is 61.7 cm³/mol. The lowest BCUT2D eigenvalue weighted by atomic mass is 10.1. The summed E-state index contributed by atoms with van der Waals surface area (Å²) in [5.74, 6) is 0. The summed E-state index contributed by atoms with van der Waals surface area (Å²) in [6.07, 6.45) is 3.28. The molecule has 0 saturated carbocycles. The van der Waals surface area contributed by atoms with Crippen molar-refractivity contribution in [3.63, 3.8) is 0 Å². The molecule has 2 rings (SSSR count). The SMILES string of the molecule is O=S(=O)(CCl)Nc1ccc2c(c1)CCC2. The predicted octanol–water partition coefficient (Wildman–Crippen LogP) is 2.11. The van der Waals surface area contributed by atoms with E-state index < -0.39 is 15.2 Å². The van der Waals surface area contributed by atoms with E-state index in [0.717, 1.165) is 19.3 Å². The zero-order valence-corrected chi connectivity index (χ0v) is 9.74. The molecule has 1 aliphatic rings. The van der Waals surface area contributed by atoms with Crippen molar-refractivity contribution >= 4 is 27.3 Å². The highest BCUT2D eigenvalue weighted by atomic mass is 35.5. The molecule has 1 N–H and O–H groups in total. The van der Waals surface area contributed by atoms with E-state index in [0.29, 0.717) is 5.69 Å². The average Bonchev–Trinajstić information content (AvgIpc) is 2.64. The number of rotatable bonds is 3. The number of halogens is 1. The minimum Gasteiger partial charge on any atom is -0.283 e. The Balaban J connectivity index is 2.24. The van der Waals surface area contributed by atoms with E-state index in [4.69, 9.17) is 11.6 Å². The molecule has 0 unspecified atom stereocenters. The Kier molecular flexibility index (Phi) is 2.89. The van der Waals surface area contributed by atoms with Gasteiger partial charge in [-0.3, -0.25) is 4.72 Å². The van der Waals surface area contributed by atoms with E-state index in [-0.39, 0.29) is 0 Å². The molecule has 0 amide bonds. The van der Waals surface area contributed by atoms with Crippen LogP contribution in [0.25, 0.3) is 0 Å². The highest BCUT2D eigenvalue weighted by Gasteiger charge is 2.13. The molecule has 5 heteroatoms. The number of sulfonamides is 1. The fourth-order valence-electron chi connectivity index (χ4n) is 1.84. The molecular weight excluding hydrogens is 234 g/mol. The Labute approximate surface area is 94.5 Å². The Morgan fingerprint density at radius 1 is 1.27 bits per heavy atom. The van der Waals surface area contributed by atoms with Crippen molar-refractivity contribution in [1.82, 2.24) is 0 Å². The first-order chi connectivity index (χ1) is 7.11. The Hall–Kier alpha value is -0.740. The third kappa shape index (κ3) is 2.44. The van der Waals surface area contributed by atoms with Crippen molar-refractivity contribution in [2.75, 3.05) is 9.93 Å². The maximum Gasteiger partial charge on any atom is 0.246 e. The van der Waals surface area contributed by atoms with Crippen LogP contribution in [-0.4, -0.2) is 13.6 Å². The van der Waals surface area contributed by atoms with Crippen LogP contribution in [0.2, 0.25) is 0 Å². The molecule has 0 aliphatic heterocycles. The van der Waals surface area contributed by atoms with Gasteiger partial charge in [0.1, 0.15) is 5.21 Å². The second-order valence-electron chi connectivity index (χ2n) is 3.66. The summed E-state index contributed by atoms with van der Waals surface area (Å²) in [6.45, 7) is 0. The largest absolute Gasteiger partial charge is 0.283 e. The van der Waals surface area contributed by atoms with Gasteiger partial charge in [-0.1, -0.05) is 6.07 Å². The molecule has 1 aliphatic carbocycles. The van der Waals surface area contributed by atoms with Crippen LogP contribution in [0, 0.1) is 0 Å². The van der Waals surface area contributed by atoms with E-state index in [1.807, 2.05) is 12.1 Å². The number of alkyl halides is 1. The number of fused-ring (bicyclic) bond motifs is 1. The Morgan fingerprint density at radius 2 is 2.00 bits per heavy atom. The van der Waals surface area contributed by atoms with E-state index >= 15 is 0 Å². The van der Waals surface area contributed by atoms with E-state index in [1.54, 1.807) is 6.07 Å². The summed E-state index contributed by atoms with van der Waals surface area (Å²) >= 11 is 5.31. The molecule has 1 aromatic rings. The molecule has 15 heavy (non-hydrogen) atoms. The zero-order valence-electron chi connectivity index (χ0n) is 8.16. The first-order valence-corrected chi connectivity index (χ1v) is 6.98. The first-order valence-electron chi connectivity index (χ1n) is 4.79. The van der Waals surface area contributed by atoms with Crippen LogP contribution in [0.4, 0.5) is 5.69 Å². The molecule has 0 radical (unpaired) electrons. The number of aryl methyl sites for hydroxylation is 2. The molecule has 0 atom stereocenters. The van der Waals surface area contributed by atoms with Gasteiger partial charge in [-0.2, -0.15) is 0 Å². The van der Waals surface area contributed by atoms with Crippen LogP contribution < -0.4 is 4.72 Å². The van der Waals surface area contributed by atoms with Crippen molar-refractivity contribution in [2.45, 2.75) is 19.3 Å². The minimum atomic E-state index is -3.37. The summed E-state index contributed by atoms with van der Waals surface area (Å²) in [4.78, 5) is 0. The topological polar surface area (TPSA) is 46.2 Å². The van der Waals surface area contributed by atoms with E-state index in [9.17, 15) is 8.42 Å². The highest BCUT2D eigenvalue weighted by molar-refractivity contribution is 7.93. The molecule has 1 aromatic carbocycles. The van der Waals surface area contributed by atoms with Crippen molar-refractivity contribution in [2.24, 2.45) is 0 Å². The van der Waals surface area contributed by atoms with Crippen molar-refractivity contribution < 1.29 is 8.42 Å². The standard InChI is InChI=1S/C10H12ClNO2S/c11-7-15(13,14)12-10-5-4-8-2-1-3-9(8)6-10/h4-6,12H,1-3,7H2. The molecule has 0 bridgehead atoms. The number of nitrogens with one attached hydrogen (secondary N) is 1. The van der Waals surface area contributed by atoms with Gasteiger partial charge in [0.05, 0.1) is 0 Å². The Morgan fingerprint density at radius 3 is 2.73 bits per heavy atom.